The molecule has 29 heavy (non-hydrogen) atoms. The van der Waals surface area contributed by atoms with Crippen molar-refractivity contribution in [2.45, 2.75) is 19.8 Å². The Kier molecular flexibility index (Phi) is 5.07. The summed E-state index contributed by atoms with van der Waals surface area (Å²) < 4.78 is 0. The molecule has 0 N–H and O–H groups in total. The molecule has 0 saturated heterocycles. The van der Waals surface area contributed by atoms with Crippen LogP contribution in [0.15, 0.2) is 77.8 Å². The summed E-state index contributed by atoms with van der Waals surface area (Å²) in [7, 11) is 1.83. The van der Waals surface area contributed by atoms with Crippen molar-refractivity contribution in [2.75, 3.05) is 16.8 Å². The quantitative estimate of drug-likeness (QED) is 0.544. The highest BCUT2D eigenvalue weighted by Crippen LogP contribution is 2.37. The molecular weight excluding hydrogens is 380 g/mol. The molecule has 2 amide bonds. The molecule has 0 aliphatic carbocycles. The minimum atomic E-state index is -0.304. The van der Waals surface area contributed by atoms with E-state index < -0.39 is 0 Å². The SMILES string of the molecule is CC(C)c1ccc(N2C(=O)C(c3cccs3)=C(N(C)c3ccccc3)C2=O)cc1. The van der Waals surface area contributed by atoms with Crippen LogP contribution in [0.1, 0.15) is 30.2 Å². The minimum Gasteiger partial charge on any atom is -0.339 e. The third-order valence-electron chi connectivity index (χ3n) is 5.12. The summed E-state index contributed by atoms with van der Waals surface area (Å²) in [5.41, 5.74) is 3.46. The van der Waals surface area contributed by atoms with Crippen LogP contribution in [-0.4, -0.2) is 18.9 Å². The number of hydrogen-bond acceptors (Lipinski definition) is 4. The molecule has 146 valence electrons. The summed E-state index contributed by atoms with van der Waals surface area (Å²) in [5, 5.41) is 1.92. The molecule has 0 atom stereocenters. The first-order valence-corrected chi connectivity index (χ1v) is 10.4. The number of carbonyl (C=O) groups is 2. The molecular formula is C24H22N2O2S. The summed E-state index contributed by atoms with van der Waals surface area (Å²) >= 11 is 1.46. The Morgan fingerprint density at radius 3 is 2.14 bits per heavy atom. The van der Waals surface area contributed by atoms with E-state index >= 15 is 0 Å². The van der Waals surface area contributed by atoms with Crippen LogP contribution in [0, 0.1) is 0 Å². The van der Waals surface area contributed by atoms with Gasteiger partial charge in [0.25, 0.3) is 11.8 Å². The molecule has 0 unspecified atom stereocenters. The first kappa shape index (κ1) is 19.2. The fraction of sp³-hybridized carbons (Fsp3) is 0.167. The van der Waals surface area contributed by atoms with Gasteiger partial charge in [-0.15, -0.1) is 11.3 Å². The maximum absolute atomic E-state index is 13.5. The van der Waals surface area contributed by atoms with E-state index in [2.05, 4.69) is 13.8 Å². The number of para-hydroxylation sites is 1. The van der Waals surface area contributed by atoms with E-state index in [0.29, 0.717) is 22.9 Å². The zero-order valence-electron chi connectivity index (χ0n) is 16.6. The van der Waals surface area contributed by atoms with Gasteiger partial charge in [0, 0.05) is 17.6 Å². The van der Waals surface area contributed by atoms with Gasteiger partial charge in [0.05, 0.1) is 11.3 Å². The molecule has 0 fully saturated rings. The summed E-state index contributed by atoms with van der Waals surface area (Å²) in [5.74, 6) is -0.205. The average Bonchev–Trinajstić information content (AvgIpc) is 3.34. The lowest BCUT2D eigenvalue weighted by Crippen LogP contribution is -2.34. The van der Waals surface area contributed by atoms with Crippen LogP contribution in [0.25, 0.3) is 5.57 Å². The van der Waals surface area contributed by atoms with Crippen LogP contribution < -0.4 is 9.80 Å². The lowest BCUT2D eigenvalue weighted by Gasteiger charge is -2.21. The maximum Gasteiger partial charge on any atom is 0.282 e. The monoisotopic (exact) mass is 402 g/mol. The Hall–Kier alpha value is -3.18. The standard InChI is InChI=1S/C24H22N2O2S/c1-16(2)17-11-13-19(14-12-17)26-23(27)21(20-10-7-15-29-20)22(24(26)28)25(3)18-8-5-4-6-9-18/h4-16H,1-3H3. The molecule has 1 aliphatic rings. The molecule has 1 aliphatic heterocycles. The number of hydrogen-bond donors (Lipinski definition) is 0. The highest BCUT2D eigenvalue weighted by atomic mass is 32.1. The van der Waals surface area contributed by atoms with Crippen LogP contribution in [0.3, 0.4) is 0 Å². The van der Waals surface area contributed by atoms with E-state index in [4.69, 9.17) is 0 Å². The second-order valence-corrected chi connectivity index (χ2v) is 8.24. The van der Waals surface area contributed by atoms with Gasteiger partial charge in [-0.3, -0.25) is 9.59 Å². The lowest BCUT2D eigenvalue weighted by molar-refractivity contribution is -0.120. The topological polar surface area (TPSA) is 40.6 Å². The summed E-state index contributed by atoms with van der Waals surface area (Å²) in [6.07, 6.45) is 0. The lowest BCUT2D eigenvalue weighted by atomic mass is 10.0. The first-order chi connectivity index (χ1) is 14.0. The summed E-state index contributed by atoms with van der Waals surface area (Å²) in [6.45, 7) is 4.23. The number of benzene rings is 2. The normalized spacial score (nSPS) is 14.3. The van der Waals surface area contributed by atoms with Gasteiger partial charge in [0.15, 0.2) is 0 Å². The number of anilines is 2. The molecule has 4 rings (SSSR count). The van der Waals surface area contributed by atoms with Gasteiger partial charge in [0.2, 0.25) is 0 Å². The molecule has 3 aromatic rings. The second-order valence-electron chi connectivity index (χ2n) is 7.29. The van der Waals surface area contributed by atoms with E-state index in [1.54, 1.807) is 4.90 Å². The highest BCUT2D eigenvalue weighted by molar-refractivity contribution is 7.11. The first-order valence-electron chi connectivity index (χ1n) is 9.54. The third-order valence-corrected chi connectivity index (χ3v) is 6.01. The van der Waals surface area contributed by atoms with Crippen molar-refractivity contribution in [1.29, 1.82) is 0 Å². The van der Waals surface area contributed by atoms with Crippen LogP contribution in [0.4, 0.5) is 11.4 Å². The molecule has 0 saturated carbocycles. The Morgan fingerprint density at radius 2 is 1.55 bits per heavy atom. The molecule has 0 radical (unpaired) electrons. The number of imide groups is 1. The van der Waals surface area contributed by atoms with E-state index in [1.165, 1.54) is 21.8 Å². The Labute approximate surface area is 174 Å². The minimum absolute atomic E-state index is 0.285. The number of rotatable bonds is 5. The zero-order chi connectivity index (χ0) is 20.5. The van der Waals surface area contributed by atoms with Crippen molar-refractivity contribution in [3.05, 3.63) is 88.2 Å². The van der Waals surface area contributed by atoms with E-state index in [9.17, 15) is 9.59 Å². The molecule has 1 aromatic heterocycles. The van der Waals surface area contributed by atoms with Gasteiger partial charge in [-0.05, 0) is 47.2 Å². The Bertz CT molecular complexity index is 1070. The van der Waals surface area contributed by atoms with E-state index in [-0.39, 0.29) is 11.8 Å². The van der Waals surface area contributed by atoms with E-state index in [1.807, 2.05) is 79.2 Å². The Morgan fingerprint density at radius 1 is 0.862 bits per heavy atom. The van der Waals surface area contributed by atoms with Crippen molar-refractivity contribution in [3.63, 3.8) is 0 Å². The molecule has 4 nitrogen and oxygen atoms in total. The molecule has 5 heteroatoms. The van der Waals surface area contributed by atoms with Gasteiger partial charge >= 0.3 is 0 Å². The largest absolute Gasteiger partial charge is 0.339 e. The van der Waals surface area contributed by atoms with Gasteiger partial charge in [0.1, 0.15) is 5.70 Å². The molecule has 0 spiro atoms. The van der Waals surface area contributed by atoms with Crippen molar-refractivity contribution in [3.8, 4) is 0 Å². The molecule has 2 heterocycles. The summed E-state index contributed by atoms with van der Waals surface area (Å²) in [4.78, 5) is 30.8. The van der Waals surface area contributed by atoms with Crippen molar-refractivity contribution >= 4 is 40.1 Å². The number of amides is 2. The van der Waals surface area contributed by atoms with Crippen LogP contribution in [0.5, 0.6) is 0 Å². The molecule has 2 aromatic carbocycles. The van der Waals surface area contributed by atoms with Gasteiger partial charge in [-0.1, -0.05) is 50.2 Å². The number of likely N-dealkylation sites (N-methyl/N-ethyl adjacent to an activating group) is 1. The fourth-order valence-corrected chi connectivity index (χ4v) is 4.26. The Balaban J connectivity index is 1.80. The number of carbonyl (C=O) groups excluding carboxylic acids is 2. The number of thiophene rings is 1. The summed E-state index contributed by atoms with van der Waals surface area (Å²) in [6, 6.07) is 21.0. The van der Waals surface area contributed by atoms with Crippen LogP contribution >= 0.6 is 11.3 Å². The third kappa shape index (κ3) is 3.38. The average molecular weight is 403 g/mol. The van der Waals surface area contributed by atoms with Crippen LogP contribution in [-0.2, 0) is 9.59 Å². The van der Waals surface area contributed by atoms with E-state index in [0.717, 1.165) is 10.6 Å². The predicted octanol–water partition coefficient (Wildman–Crippen LogP) is 5.29. The molecule has 0 bridgehead atoms. The second kappa shape index (κ2) is 7.68. The smallest absolute Gasteiger partial charge is 0.282 e. The zero-order valence-corrected chi connectivity index (χ0v) is 17.4. The predicted molar refractivity (Wildman–Crippen MR) is 119 cm³/mol. The highest BCUT2D eigenvalue weighted by Gasteiger charge is 2.42. The number of nitrogens with zero attached hydrogens (tertiary/aromatic N) is 2. The van der Waals surface area contributed by atoms with Gasteiger partial charge in [-0.25, -0.2) is 4.90 Å². The maximum atomic E-state index is 13.5. The van der Waals surface area contributed by atoms with Gasteiger partial charge < -0.3 is 4.90 Å². The van der Waals surface area contributed by atoms with Crippen molar-refractivity contribution < 1.29 is 9.59 Å². The van der Waals surface area contributed by atoms with Crippen LogP contribution in [0.2, 0.25) is 0 Å². The van der Waals surface area contributed by atoms with Crippen molar-refractivity contribution in [2.24, 2.45) is 0 Å². The fourth-order valence-electron chi connectivity index (χ4n) is 3.50. The van der Waals surface area contributed by atoms with Crippen molar-refractivity contribution in [1.82, 2.24) is 0 Å². The van der Waals surface area contributed by atoms with Gasteiger partial charge in [-0.2, -0.15) is 0 Å².